The van der Waals surface area contributed by atoms with Gasteiger partial charge in [-0.3, -0.25) is 9.79 Å². The molecule has 11 heteroatoms. The minimum absolute atomic E-state index is 0. The van der Waals surface area contributed by atoms with E-state index in [2.05, 4.69) is 20.4 Å². The van der Waals surface area contributed by atoms with Gasteiger partial charge in [-0.25, -0.2) is 4.39 Å². The van der Waals surface area contributed by atoms with Gasteiger partial charge in [0.25, 0.3) is 0 Å². The molecular weight excluding hydrogens is 543 g/mol. The zero-order valence-corrected chi connectivity index (χ0v) is 19.6. The molecule has 2 aromatic rings. The number of nitrogens with one attached hydrogen (secondary N) is 2. The average molecular weight is 568 g/mol. The number of nitrogens with zero attached hydrogens (tertiary/aromatic N) is 1. The third-order valence-electron chi connectivity index (χ3n) is 4.32. The van der Waals surface area contributed by atoms with Crippen LogP contribution < -0.4 is 21.1 Å². The number of guanidine groups is 1. The molecule has 0 spiro atoms. The molecule has 4 N–H and O–H groups in total. The molecule has 176 valence electrons. The van der Waals surface area contributed by atoms with Gasteiger partial charge in [0.1, 0.15) is 11.6 Å². The maximum atomic E-state index is 13.0. The van der Waals surface area contributed by atoms with Gasteiger partial charge in [0, 0.05) is 20.1 Å². The van der Waals surface area contributed by atoms with Gasteiger partial charge in [-0.2, -0.15) is 13.2 Å². The van der Waals surface area contributed by atoms with Crippen molar-refractivity contribution in [1.29, 1.82) is 0 Å². The zero-order chi connectivity index (χ0) is 22.9. The third kappa shape index (κ3) is 10.2. The van der Waals surface area contributed by atoms with Gasteiger partial charge >= 0.3 is 6.18 Å². The van der Waals surface area contributed by atoms with Gasteiger partial charge in [0.2, 0.25) is 5.91 Å². The highest BCUT2D eigenvalue weighted by Crippen LogP contribution is 2.18. The first-order chi connectivity index (χ1) is 14.7. The van der Waals surface area contributed by atoms with Crippen molar-refractivity contribution in [2.24, 2.45) is 16.6 Å². The van der Waals surface area contributed by atoms with Crippen LogP contribution in [0.4, 0.5) is 17.6 Å². The van der Waals surface area contributed by atoms with E-state index in [1.807, 2.05) is 0 Å². The van der Waals surface area contributed by atoms with Gasteiger partial charge in [-0.1, -0.05) is 24.3 Å². The van der Waals surface area contributed by atoms with E-state index in [1.165, 1.54) is 24.3 Å². The van der Waals surface area contributed by atoms with Crippen LogP contribution in [0.1, 0.15) is 11.1 Å². The second-order valence-electron chi connectivity index (χ2n) is 6.78. The lowest BCUT2D eigenvalue weighted by atomic mass is 9.98. The molecule has 0 aromatic heterocycles. The number of hydrogen-bond donors (Lipinski definition) is 3. The summed E-state index contributed by atoms with van der Waals surface area (Å²) in [5.41, 5.74) is 7.05. The third-order valence-corrected chi connectivity index (χ3v) is 4.32. The summed E-state index contributed by atoms with van der Waals surface area (Å²) in [5.74, 6) is -0.853. The van der Waals surface area contributed by atoms with Crippen molar-refractivity contribution in [2.75, 3.05) is 20.2 Å². The van der Waals surface area contributed by atoms with Crippen molar-refractivity contribution in [3.05, 3.63) is 65.5 Å². The Kier molecular flexibility index (Phi) is 11.2. The molecule has 1 amide bonds. The van der Waals surface area contributed by atoms with Gasteiger partial charge in [-0.15, -0.1) is 24.0 Å². The van der Waals surface area contributed by atoms with Crippen LogP contribution in [-0.4, -0.2) is 38.2 Å². The number of rotatable bonds is 9. The maximum Gasteiger partial charge on any atom is 0.422 e. The SMILES string of the molecule is CN=C(NCc1ccc(OCC(F)(F)F)cc1)NCC(Cc1ccc(F)cc1)C(N)=O.I. The predicted octanol–water partition coefficient (Wildman–Crippen LogP) is 3.39. The molecule has 2 rings (SSSR count). The smallest absolute Gasteiger partial charge is 0.422 e. The molecule has 1 atom stereocenters. The van der Waals surface area contributed by atoms with E-state index in [9.17, 15) is 22.4 Å². The number of hydrogen-bond acceptors (Lipinski definition) is 3. The number of carbonyl (C=O) groups is 1. The fourth-order valence-electron chi connectivity index (χ4n) is 2.67. The Morgan fingerprint density at radius 2 is 1.66 bits per heavy atom. The quantitative estimate of drug-likeness (QED) is 0.187. The summed E-state index contributed by atoms with van der Waals surface area (Å²) in [6.07, 6.45) is -4.04. The second-order valence-corrected chi connectivity index (χ2v) is 6.78. The van der Waals surface area contributed by atoms with Crippen LogP contribution in [0.3, 0.4) is 0 Å². The normalized spacial score (nSPS) is 12.5. The number of halogens is 5. The lowest BCUT2D eigenvalue weighted by Gasteiger charge is -2.17. The number of benzene rings is 2. The molecule has 0 bridgehead atoms. The van der Waals surface area contributed by atoms with E-state index in [0.29, 0.717) is 18.9 Å². The lowest BCUT2D eigenvalue weighted by Crippen LogP contribution is -2.42. The van der Waals surface area contributed by atoms with Crippen LogP contribution in [0.15, 0.2) is 53.5 Å². The summed E-state index contributed by atoms with van der Waals surface area (Å²) in [6.45, 7) is -0.783. The summed E-state index contributed by atoms with van der Waals surface area (Å²) in [7, 11) is 1.56. The summed E-state index contributed by atoms with van der Waals surface area (Å²) in [6, 6.07) is 12.0. The molecule has 0 radical (unpaired) electrons. The minimum Gasteiger partial charge on any atom is -0.484 e. The van der Waals surface area contributed by atoms with Crippen LogP contribution in [-0.2, 0) is 17.8 Å². The monoisotopic (exact) mass is 568 g/mol. The van der Waals surface area contributed by atoms with Crippen molar-refractivity contribution in [1.82, 2.24) is 10.6 Å². The molecule has 0 aliphatic heterocycles. The maximum absolute atomic E-state index is 13.0. The molecule has 6 nitrogen and oxygen atoms in total. The van der Waals surface area contributed by atoms with Crippen molar-refractivity contribution in [3.63, 3.8) is 0 Å². The van der Waals surface area contributed by atoms with Gasteiger partial charge in [0.05, 0.1) is 5.92 Å². The highest BCUT2D eigenvalue weighted by Gasteiger charge is 2.28. The predicted molar refractivity (Wildman–Crippen MR) is 124 cm³/mol. The number of ether oxygens (including phenoxy) is 1. The summed E-state index contributed by atoms with van der Waals surface area (Å²) in [5, 5.41) is 6.06. The minimum atomic E-state index is -4.39. The first kappa shape index (κ1) is 27.5. The van der Waals surface area contributed by atoms with E-state index in [-0.39, 0.29) is 42.1 Å². The number of alkyl halides is 3. The Morgan fingerprint density at radius 3 is 2.19 bits per heavy atom. The van der Waals surface area contributed by atoms with E-state index in [4.69, 9.17) is 5.73 Å². The molecule has 0 saturated carbocycles. The van der Waals surface area contributed by atoms with Crippen molar-refractivity contribution in [3.8, 4) is 5.75 Å². The molecule has 0 aliphatic rings. The van der Waals surface area contributed by atoms with E-state index in [0.717, 1.165) is 11.1 Å². The Bertz CT molecular complexity index is 875. The van der Waals surface area contributed by atoms with Gasteiger partial charge in [0.15, 0.2) is 12.6 Å². The van der Waals surface area contributed by atoms with Crippen molar-refractivity contribution >= 4 is 35.8 Å². The van der Waals surface area contributed by atoms with E-state index >= 15 is 0 Å². The van der Waals surface area contributed by atoms with Crippen LogP contribution in [0.5, 0.6) is 5.75 Å². The van der Waals surface area contributed by atoms with Gasteiger partial charge < -0.3 is 21.1 Å². The summed E-state index contributed by atoms with van der Waals surface area (Å²) < 4.78 is 54.3. The Morgan fingerprint density at radius 1 is 1.06 bits per heavy atom. The van der Waals surface area contributed by atoms with Crippen LogP contribution in [0, 0.1) is 11.7 Å². The van der Waals surface area contributed by atoms with Gasteiger partial charge in [-0.05, 0) is 41.8 Å². The first-order valence-corrected chi connectivity index (χ1v) is 9.43. The lowest BCUT2D eigenvalue weighted by molar-refractivity contribution is -0.153. The molecule has 0 heterocycles. The van der Waals surface area contributed by atoms with Crippen LogP contribution >= 0.6 is 24.0 Å². The molecule has 0 saturated heterocycles. The topological polar surface area (TPSA) is 88.7 Å². The number of primary amides is 1. The molecule has 0 aliphatic carbocycles. The standard InChI is InChI=1S/C21H24F4N4O2.HI/c1-27-20(28-11-15-4-8-18(9-5-15)31-13-21(23,24)25)29-12-16(19(26)30)10-14-2-6-17(22)7-3-14;/h2-9,16H,10-13H2,1H3,(H2,26,30)(H2,27,28,29);1H. The summed E-state index contributed by atoms with van der Waals surface area (Å²) >= 11 is 0. The zero-order valence-electron chi connectivity index (χ0n) is 17.3. The molecule has 32 heavy (non-hydrogen) atoms. The fraction of sp³-hybridized carbons (Fsp3) is 0.333. The molecule has 1 unspecified atom stereocenters. The number of nitrogens with two attached hydrogens (primary N) is 1. The number of aliphatic imine (C=N–C) groups is 1. The Balaban J connectivity index is 0.00000512. The van der Waals surface area contributed by atoms with Crippen molar-refractivity contribution < 1.29 is 27.1 Å². The first-order valence-electron chi connectivity index (χ1n) is 9.43. The summed E-state index contributed by atoms with van der Waals surface area (Å²) in [4.78, 5) is 15.8. The molecule has 2 aromatic carbocycles. The Hall–Kier alpha value is -2.57. The molecular formula is C21H25F4IN4O2. The fourth-order valence-corrected chi connectivity index (χ4v) is 2.67. The van der Waals surface area contributed by atoms with Crippen molar-refractivity contribution in [2.45, 2.75) is 19.1 Å². The Labute approximate surface area is 200 Å². The van der Waals surface area contributed by atoms with Crippen LogP contribution in [0.2, 0.25) is 0 Å². The van der Waals surface area contributed by atoms with E-state index < -0.39 is 24.6 Å². The van der Waals surface area contributed by atoms with E-state index in [1.54, 1.807) is 31.3 Å². The largest absolute Gasteiger partial charge is 0.484 e. The highest BCUT2D eigenvalue weighted by molar-refractivity contribution is 14.0. The highest BCUT2D eigenvalue weighted by atomic mass is 127. The van der Waals surface area contributed by atoms with Crippen LogP contribution in [0.25, 0.3) is 0 Å². The average Bonchev–Trinajstić information content (AvgIpc) is 2.73. The molecule has 0 fully saturated rings. The number of carbonyl (C=O) groups excluding carboxylic acids is 1. The second kappa shape index (κ2) is 13.1. The number of amides is 1.